The Morgan fingerprint density at radius 3 is 1.24 bits per heavy atom. The van der Waals surface area contributed by atoms with Crippen molar-refractivity contribution in [3.63, 3.8) is 0 Å². The second-order valence-electron chi connectivity index (χ2n) is 8.93. The van der Waals surface area contributed by atoms with Crippen molar-refractivity contribution in [3.8, 4) is 0 Å². The molecule has 0 aliphatic carbocycles. The maximum absolute atomic E-state index is 4.14. The Morgan fingerprint density at radius 2 is 0.824 bits per heavy atom. The molecule has 0 rings (SSSR count). The van der Waals surface area contributed by atoms with E-state index in [1.807, 2.05) is 6.92 Å². The average Bonchev–Trinajstić information content (AvgIpc) is 2.82. The van der Waals surface area contributed by atoms with E-state index in [0.29, 0.717) is 0 Å². The first-order valence-corrected chi connectivity index (χ1v) is 13.7. The van der Waals surface area contributed by atoms with E-state index in [0.717, 1.165) is 117 Å². The van der Waals surface area contributed by atoms with E-state index >= 15 is 0 Å². The molecule has 0 unspecified atom stereocenters. The number of allylic oxidation sites excluding steroid dienone is 1. The van der Waals surface area contributed by atoms with Gasteiger partial charge in [-0.15, -0.1) is 0 Å². The standard InChI is InChI=1S/C26H58N8/c1-5-27-11-6-18-32-23-26(4)24-33-19-9-16-31-22-21-30-15-8-14-28-12-7-13-29-17-10-20-34-25(2)3/h27-34H,2,4-24H2,1,3H3. The molecule has 0 atom stereocenters. The molecule has 0 aromatic rings. The Labute approximate surface area is 211 Å². The minimum absolute atomic E-state index is 0.903. The summed E-state index contributed by atoms with van der Waals surface area (Å²) in [5.41, 5.74) is 2.28. The SMILES string of the molecule is C=C(CNCCCNCC)CNCCCNCCNCCCNCCCNCCCNC(=C)C. The maximum atomic E-state index is 4.14. The van der Waals surface area contributed by atoms with Gasteiger partial charge in [0, 0.05) is 38.4 Å². The molecule has 0 aromatic carbocycles. The minimum Gasteiger partial charge on any atom is -0.389 e. The molecular formula is C26H58N8. The molecule has 34 heavy (non-hydrogen) atoms. The number of nitrogens with one attached hydrogen (secondary N) is 8. The summed E-state index contributed by atoms with van der Waals surface area (Å²) in [5.74, 6) is 0. The summed E-state index contributed by atoms with van der Waals surface area (Å²) in [7, 11) is 0. The van der Waals surface area contributed by atoms with Gasteiger partial charge in [-0.25, -0.2) is 0 Å². The van der Waals surface area contributed by atoms with E-state index in [-0.39, 0.29) is 0 Å². The summed E-state index contributed by atoms with van der Waals surface area (Å²) in [6.45, 7) is 27.7. The van der Waals surface area contributed by atoms with Gasteiger partial charge in [0.15, 0.2) is 0 Å². The lowest BCUT2D eigenvalue weighted by molar-refractivity contribution is 0.545. The van der Waals surface area contributed by atoms with Crippen molar-refractivity contribution < 1.29 is 0 Å². The van der Waals surface area contributed by atoms with Crippen LogP contribution in [0.2, 0.25) is 0 Å². The van der Waals surface area contributed by atoms with Crippen LogP contribution in [0.4, 0.5) is 0 Å². The van der Waals surface area contributed by atoms with Gasteiger partial charge < -0.3 is 42.5 Å². The summed E-state index contributed by atoms with van der Waals surface area (Å²) in [4.78, 5) is 0. The van der Waals surface area contributed by atoms with Crippen LogP contribution in [0.5, 0.6) is 0 Å². The van der Waals surface area contributed by atoms with Gasteiger partial charge in [0.1, 0.15) is 0 Å². The van der Waals surface area contributed by atoms with Crippen LogP contribution in [0.25, 0.3) is 0 Å². The Morgan fingerprint density at radius 1 is 0.471 bits per heavy atom. The molecule has 8 nitrogen and oxygen atoms in total. The molecule has 8 N–H and O–H groups in total. The Balaban J connectivity index is 3.11. The van der Waals surface area contributed by atoms with Crippen molar-refractivity contribution in [1.82, 2.24) is 42.5 Å². The van der Waals surface area contributed by atoms with Crippen LogP contribution in [0.1, 0.15) is 46.0 Å². The lowest BCUT2D eigenvalue weighted by Crippen LogP contribution is -2.31. The molecule has 0 saturated carbocycles. The lowest BCUT2D eigenvalue weighted by Gasteiger charge is -2.10. The molecule has 0 saturated heterocycles. The van der Waals surface area contributed by atoms with Crippen molar-refractivity contribution in [2.45, 2.75) is 46.0 Å². The summed E-state index contributed by atoms with van der Waals surface area (Å²) < 4.78 is 0. The lowest BCUT2D eigenvalue weighted by atomic mass is 10.3. The molecule has 0 spiro atoms. The van der Waals surface area contributed by atoms with Gasteiger partial charge in [0.25, 0.3) is 0 Å². The summed E-state index contributed by atoms with van der Waals surface area (Å²) in [5, 5.41) is 27.5. The smallest absolute Gasteiger partial charge is 0.0174 e. The third-order valence-corrected chi connectivity index (χ3v) is 5.26. The van der Waals surface area contributed by atoms with E-state index in [1.54, 1.807) is 0 Å². The van der Waals surface area contributed by atoms with Crippen molar-refractivity contribution >= 4 is 0 Å². The van der Waals surface area contributed by atoms with Gasteiger partial charge in [-0.3, -0.25) is 0 Å². The van der Waals surface area contributed by atoms with Crippen LogP contribution >= 0.6 is 0 Å². The summed E-state index contributed by atoms with van der Waals surface area (Å²) >= 11 is 0. The van der Waals surface area contributed by atoms with Crippen molar-refractivity contribution in [2.75, 3.05) is 98.2 Å². The molecule has 8 heteroatoms. The number of rotatable bonds is 29. The first-order chi connectivity index (χ1) is 16.7. The molecule has 0 amide bonds. The molecule has 202 valence electrons. The Bertz CT molecular complexity index is 445. The quantitative estimate of drug-likeness (QED) is 0.0585. The van der Waals surface area contributed by atoms with Crippen LogP contribution in [-0.4, -0.2) is 98.2 Å². The van der Waals surface area contributed by atoms with Gasteiger partial charge in [-0.05, 0) is 110 Å². The number of hydrogen-bond donors (Lipinski definition) is 8. The van der Waals surface area contributed by atoms with Crippen LogP contribution < -0.4 is 42.5 Å². The average molecular weight is 483 g/mol. The van der Waals surface area contributed by atoms with Gasteiger partial charge in [0.2, 0.25) is 0 Å². The zero-order valence-corrected chi connectivity index (χ0v) is 22.6. The van der Waals surface area contributed by atoms with Gasteiger partial charge in [-0.1, -0.05) is 20.1 Å². The van der Waals surface area contributed by atoms with Crippen molar-refractivity contribution in [2.24, 2.45) is 0 Å². The van der Waals surface area contributed by atoms with Gasteiger partial charge in [0.05, 0.1) is 0 Å². The van der Waals surface area contributed by atoms with Crippen molar-refractivity contribution in [1.29, 1.82) is 0 Å². The van der Waals surface area contributed by atoms with E-state index in [4.69, 9.17) is 0 Å². The topological polar surface area (TPSA) is 96.2 Å². The maximum Gasteiger partial charge on any atom is 0.0174 e. The normalized spacial score (nSPS) is 11.1. The highest BCUT2D eigenvalue weighted by atomic mass is 15.0. The molecule has 0 radical (unpaired) electrons. The molecule has 0 aromatic heterocycles. The fraction of sp³-hybridized carbons (Fsp3) is 0.846. The summed E-state index contributed by atoms with van der Waals surface area (Å²) in [6.07, 6.45) is 5.82. The second-order valence-corrected chi connectivity index (χ2v) is 8.93. The van der Waals surface area contributed by atoms with E-state index < -0.39 is 0 Å². The molecule has 0 aliphatic heterocycles. The molecule has 0 aliphatic rings. The first kappa shape index (κ1) is 33.0. The minimum atomic E-state index is 0.903. The van der Waals surface area contributed by atoms with E-state index in [2.05, 4.69) is 62.6 Å². The molecular weight excluding hydrogens is 424 g/mol. The monoisotopic (exact) mass is 482 g/mol. The van der Waals surface area contributed by atoms with Crippen molar-refractivity contribution in [3.05, 3.63) is 24.4 Å². The zero-order chi connectivity index (χ0) is 25.0. The number of hydrogen-bond acceptors (Lipinski definition) is 8. The third-order valence-electron chi connectivity index (χ3n) is 5.26. The fourth-order valence-corrected chi connectivity index (χ4v) is 3.32. The van der Waals surface area contributed by atoms with Crippen LogP contribution in [0.15, 0.2) is 24.4 Å². The summed E-state index contributed by atoms with van der Waals surface area (Å²) in [6, 6.07) is 0. The highest BCUT2D eigenvalue weighted by molar-refractivity contribution is 4.98. The van der Waals surface area contributed by atoms with Crippen LogP contribution in [0, 0.1) is 0 Å². The van der Waals surface area contributed by atoms with Crippen LogP contribution in [-0.2, 0) is 0 Å². The second kappa shape index (κ2) is 28.2. The molecule has 0 bridgehead atoms. The Hall–Kier alpha value is -1.00. The predicted octanol–water partition coefficient (Wildman–Crippen LogP) is 0.763. The highest BCUT2D eigenvalue weighted by Crippen LogP contribution is 1.86. The fourth-order valence-electron chi connectivity index (χ4n) is 3.32. The van der Waals surface area contributed by atoms with Gasteiger partial charge >= 0.3 is 0 Å². The first-order valence-electron chi connectivity index (χ1n) is 13.7. The van der Waals surface area contributed by atoms with E-state index in [1.165, 1.54) is 24.8 Å². The zero-order valence-electron chi connectivity index (χ0n) is 22.6. The Kier molecular flexibility index (Phi) is 27.4. The van der Waals surface area contributed by atoms with Crippen LogP contribution in [0.3, 0.4) is 0 Å². The largest absolute Gasteiger partial charge is 0.389 e. The molecule has 0 fully saturated rings. The third kappa shape index (κ3) is 29.0. The molecule has 0 heterocycles. The van der Waals surface area contributed by atoms with Gasteiger partial charge in [-0.2, -0.15) is 0 Å². The van der Waals surface area contributed by atoms with E-state index in [9.17, 15) is 0 Å². The predicted molar refractivity (Wildman–Crippen MR) is 151 cm³/mol. The highest BCUT2D eigenvalue weighted by Gasteiger charge is 1.96.